The highest BCUT2D eigenvalue weighted by Gasteiger charge is 2.30. The van der Waals surface area contributed by atoms with Crippen LogP contribution < -0.4 is 14.8 Å². The van der Waals surface area contributed by atoms with Crippen molar-refractivity contribution in [2.45, 2.75) is 17.2 Å². The summed E-state index contributed by atoms with van der Waals surface area (Å²) in [6.07, 6.45) is -5.77. The van der Waals surface area contributed by atoms with Crippen molar-refractivity contribution in [3.8, 4) is 5.75 Å². The van der Waals surface area contributed by atoms with Crippen LogP contribution in [0.5, 0.6) is 5.75 Å². The van der Waals surface area contributed by atoms with Gasteiger partial charge in [0.1, 0.15) is 18.5 Å². The van der Waals surface area contributed by atoms with E-state index in [4.69, 9.17) is 16.3 Å². The number of amides is 1. The average molecular weight is 467 g/mol. The molecular weight excluding hydrogens is 449 g/mol. The molecule has 7 nitrogen and oxygen atoms in total. The number of aliphatic hydroxyl groups excluding tert-OH is 1. The van der Waals surface area contributed by atoms with Gasteiger partial charge in [0.15, 0.2) is 0 Å². The number of hydrogen-bond donors (Lipinski definition) is 3. The first-order chi connectivity index (χ1) is 13.9. The topological polar surface area (TPSA) is 105 Å². The Labute approximate surface area is 175 Å². The van der Waals surface area contributed by atoms with Crippen LogP contribution in [0.15, 0.2) is 47.4 Å². The van der Waals surface area contributed by atoms with E-state index in [9.17, 15) is 31.5 Å². The average Bonchev–Trinajstić information content (AvgIpc) is 2.70. The Morgan fingerprint density at radius 2 is 1.93 bits per heavy atom. The van der Waals surface area contributed by atoms with E-state index in [2.05, 4.69) is 10.0 Å². The van der Waals surface area contributed by atoms with Crippen molar-refractivity contribution in [2.75, 3.05) is 20.2 Å². The second-order valence-electron chi connectivity index (χ2n) is 6.05. The number of aliphatic hydroxyl groups is 1. The summed E-state index contributed by atoms with van der Waals surface area (Å²) in [5.41, 5.74) is -1.02. The molecule has 0 aliphatic carbocycles. The molecule has 2 rings (SSSR count). The fraction of sp³-hybridized carbons (Fsp3) is 0.278. The second-order valence-corrected chi connectivity index (χ2v) is 8.34. The molecule has 0 aliphatic rings. The number of benzene rings is 2. The van der Waals surface area contributed by atoms with Crippen LogP contribution >= 0.6 is 11.6 Å². The van der Waals surface area contributed by atoms with Crippen molar-refractivity contribution in [1.82, 2.24) is 10.0 Å². The summed E-state index contributed by atoms with van der Waals surface area (Å²) in [6.45, 7) is -0.694. The third kappa shape index (κ3) is 6.33. The van der Waals surface area contributed by atoms with Gasteiger partial charge in [0.05, 0.1) is 21.0 Å². The van der Waals surface area contributed by atoms with E-state index in [-0.39, 0.29) is 34.4 Å². The largest absolute Gasteiger partial charge is 0.491 e. The Hall–Kier alpha value is -2.34. The Balaban J connectivity index is 1.96. The van der Waals surface area contributed by atoms with Gasteiger partial charge in [-0.25, -0.2) is 13.1 Å². The molecule has 0 bridgehead atoms. The van der Waals surface area contributed by atoms with Crippen LogP contribution in [0.1, 0.15) is 15.9 Å². The minimum Gasteiger partial charge on any atom is -0.491 e. The molecule has 12 heteroatoms. The van der Waals surface area contributed by atoms with Crippen molar-refractivity contribution in [3.63, 3.8) is 0 Å². The van der Waals surface area contributed by atoms with Gasteiger partial charge in [0.25, 0.3) is 5.91 Å². The first-order valence-corrected chi connectivity index (χ1v) is 10.3. The molecular formula is C18H18ClF3N2O5S. The molecule has 1 amide bonds. The molecule has 0 saturated carbocycles. The number of sulfonamides is 1. The molecule has 3 N–H and O–H groups in total. The lowest BCUT2D eigenvalue weighted by atomic mass is 10.2. The number of ether oxygens (including phenoxy) is 1. The zero-order valence-electron chi connectivity index (χ0n) is 15.5. The lowest BCUT2D eigenvalue weighted by molar-refractivity contribution is -0.137. The summed E-state index contributed by atoms with van der Waals surface area (Å²) in [5, 5.41) is 12.3. The summed E-state index contributed by atoms with van der Waals surface area (Å²) in [4.78, 5) is 12.1. The maximum absolute atomic E-state index is 12.7. The highest BCUT2D eigenvalue weighted by atomic mass is 35.5. The Morgan fingerprint density at radius 1 is 1.23 bits per heavy atom. The molecule has 0 aliphatic heterocycles. The summed E-state index contributed by atoms with van der Waals surface area (Å²) in [5.74, 6) is -0.838. The lowest BCUT2D eigenvalue weighted by Gasteiger charge is -2.15. The Morgan fingerprint density at radius 3 is 2.57 bits per heavy atom. The van der Waals surface area contributed by atoms with Crippen LogP contribution in [0, 0.1) is 0 Å². The van der Waals surface area contributed by atoms with Gasteiger partial charge in [0, 0.05) is 6.54 Å². The van der Waals surface area contributed by atoms with E-state index in [0.717, 1.165) is 18.2 Å². The van der Waals surface area contributed by atoms with Gasteiger partial charge < -0.3 is 15.2 Å². The molecule has 30 heavy (non-hydrogen) atoms. The first kappa shape index (κ1) is 23.9. The van der Waals surface area contributed by atoms with E-state index in [0.29, 0.717) is 0 Å². The standard InChI is InChI=1S/C18H18ClF3N2O5S/c1-23-30(27,28)14-5-6-16(19)15(8-14)17(26)24-9-12(25)10-29-13-4-2-3-11(7-13)18(20,21)22/h2-8,12,23,25H,9-10H2,1H3,(H,24,26). The van der Waals surface area contributed by atoms with E-state index >= 15 is 0 Å². The lowest BCUT2D eigenvalue weighted by Crippen LogP contribution is -2.35. The molecule has 0 saturated heterocycles. The van der Waals surface area contributed by atoms with Gasteiger partial charge in [-0.3, -0.25) is 4.79 Å². The predicted octanol–water partition coefficient (Wildman–Crippen LogP) is 2.44. The predicted molar refractivity (Wildman–Crippen MR) is 103 cm³/mol. The van der Waals surface area contributed by atoms with Crippen LogP contribution in [-0.2, 0) is 16.2 Å². The number of carbonyl (C=O) groups is 1. The monoisotopic (exact) mass is 466 g/mol. The quantitative estimate of drug-likeness (QED) is 0.554. The van der Waals surface area contributed by atoms with Gasteiger partial charge in [-0.05, 0) is 43.4 Å². The molecule has 2 aromatic carbocycles. The van der Waals surface area contributed by atoms with E-state index in [1.165, 1.54) is 31.3 Å². The molecule has 0 radical (unpaired) electrons. The van der Waals surface area contributed by atoms with Gasteiger partial charge in [-0.2, -0.15) is 13.2 Å². The van der Waals surface area contributed by atoms with Crippen molar-refractivity contribution in [1.29, 1.82) is 0 Å². The van der Waals surface area contributed by atoms with Crippen molar-refractivity contribution < 1.29 is 36.2 Å². The maximum Gasteiger partial charge on any atom is 0.416 e. The summed E-state index contributed by atoms with van der Waals surface area (Å²) < 4.78 is 69.0. The van der Waals surface area contributed by atoms with Gasteiger partial charge in [-0.1, -0.05) is 17.7 Å². The van der Waals surface area contributed by atoms with E-state index < -0.39 is 33.8 Å². The summed E-state index contributed by atoms with van der Waals surface area (Å²) in [6, 6.07) is 7.69. The molecule has 0 spiro atoms. The minimum absolute atomic E-state index is 0.00254. The molecule has 0 aromatic heterocycles. The third-order valence-corrected chi connectivity index (χ3v) is 5.61. The van der Waals surface area contributed by atoms with Crippen LogP contribution in [0.4, 0.5) is 13.2 Å². The first-order valence-electron chi connectivity index (χ1n) is 8.43. The summed E-state index contributed by atoms with van der Waals surface area (Å²) >= 11 is 5.94. The van der Waals surface area contributed by atoms with Crippen LogP contribution in [0.25, 0.3) is 0 Å². The highest BCUT2D eigenvalue weighted by molar-refractivity contribution is 7.89. The molecule has 0 heterocycles. The number of carbonyl (C=O) groups excluding carboxylic acids is 1. The molecule has 1 unspecified atom stereocenters. The fourth-order valence-corrected chi connectivity index (χ4v) is 3.24. The number of nitrogens with one attached hydrogen (secondary N) is 2. The molecule has 2 aromatic rings. The molecule has 1 atom stereocenters. The molecule has 164 valence electrons. The molecule has 0 fully saturated rings. The van der Waals surface area contributed by atoms with E-state index in [1.54, 1.807) is 0 Å². The van der Waals surface area contributed by atoms with Crippen molar-refractivity contribution in [2.24, 2.45) is 0 Å². The van der Waals surface area contributed by atoms with Gasteiger partial charge in [0.2, 0.25) is 10.0 Å². The van der Waals surface area contributed by atoms with Crippen LogP contribution in [0.3, 0.4) is 0 Å². The second kappa shape index (κ2) is 9.65. The minimum atomic E-state index is -4.53. The van der Waals surface area contributed by atoms with Crippen molar-refractivity contribution in [3.05, 3.63) is 58.6 Å². The highest BCUT2D eigenvalue weighted by Crippen LogP contribution is 2.31. The maximum atomic E-state index is 12.7. The third-order valence-electron chi connectivity index (χ3n) is 3.86. The SMILES string of the molecule is CNS(=O)(=O)c1ccc(Cl)c(C(=O)NCC(O)COc2cccc(C(F)(F)F)c2)c1. The fourth-order valence-electron chi connectivity index (χ4n) is 2.28. The smallest absolute Gasteiger partial charge is 0.416 e. The summed E-state index contributed by atoms with van der Waals surface area (Å²) in [7, 11) is -2.58. The number of hydrogen-bond acceptors (Lipinski definition) is 5. The Bertz CT molecular complexity index is 1020. The Kier molecular flexibility index (Phi) is 7.70. The van der Waals surface area contributed by atoms with Crippen molar-refractivity contribution >= 4 is 27.5 Å². The van der Waals surface area contributed by atoms with Crippen LogP contribution in [-0.4, -0.2) is 45.7 Å². The van der Waals surface area contributed by atoms with Gasteiger partial charge in [-0.15, -0.1) is 0 Å². The number of halogens is 4. The van der Waals surface area contributed by atoms with E-state index in [1.807, 2.05) is 0 Å². The number of rotatable bonds is 8. The zero-order valence-corrected chi connectivity index (χ0v) is 17.1. The zero-order chi connectivity index (χ0) is 22.5. The normalized spacial score (nSPS) is 13.0. The number of alkyl halides is 3. The van der Waals surface area contributed by atoms with Gasteiger partial charge >= 0.3 is 6.18 Å². The van der Waals surface area contributed by atoms with Crippen LogP contribution in [0.2, 0.25) is 5.02 Å².